The highest BCUT2D eigenvalue weighted by Crippen LogP contribution is 2.18. The highest BCUT2D eigenvalue weighted by molar-refractivity contribution is 5.90. The lowest BCUT2D eigenvalue weighted by atomic mass is 10.1. The van der Waals surface area contributed by atoms with Gasteiger partial charge >= 0.3 is 0 Å². The van der Waals surface area contributed by atoms with Crippen molar-refractivity contribution in [1.82, 2.24) is 14.5 Å². The Morgan fingerprint density at radius 2 is 2.16 bits per heavy atom. The summed E-state index contributed by atoms with van der Waals surface area (Å²) in [5, 5.41) is 10.9. The minimum atomic E-state index is -1.28. The number of rotatable bonds is 4. The summed E-state index contributed by atoms with van der Waals surface area (Å²) in [5.41, 5.74) is -0.141. The van der Waals surface area contributed by atoms with E-state index in [0.717, 1.165) is 5.56 Å². The number of carbonyl (C=O) groups excluding carboxylic acids is 1. The molecular formula is C18H23N3O4. The summed E-state index contributed by atoms with van der Waals surface area (Å²) in [6, 6.07) is 7.60. The maximum absolute atomic E-state index is 12.7. The molecule has 1 N–H and O–H groups in total. The third-order valence-corrected chi connectivity index (χ3v) is 4.19. The number of ether oxygens (including phenoxy) is 2. The molecule has 1 atom stereocenters. The molecule has 2 heterocycles. The minimum absolute atomic E-state index is 0.0421. The Morgan fingerprint density at radius 1 is 1.40 bits per heavy atom. The molecular weight excluding hydrogens is 322 g/mol. The Labute approximate surface area is 146 Å². The van der Waals surface area contributed by atoms with Gasteiger partial charge in [-0.05, 0) is 19.1 Å². The van der Waals surface area contributed by atoms with Crippen LogP contribution < -0.4 is 4.74 Å². The zero-order valence-corrected chi connectivity index (χ0v) is 14.5. The maximum atomic E-state index is 12.7. The first-order valence-corrected chi connectivity index (χ1v) is 8.23. The van der Waals surface area contributed by atoms with Crippen LogP contribution in [0.3, 0.4) is 0 Å². The predicted molar refractivity (Wildman–Crippen MR) is 91.6 cm³/mol. The molecule has 0 saturated carbocycles. The van der Waals surface area contributed by atoms with Gasteiger partial charge in [-0.3, -0.25) is 4.79 Å². The largest absolute Gasteiger partial charge is 0.490 e. The summed E-state index contributed by atoms with van der Waals surface area (Å²) >= 11 is 0. The van der Waals surface area contributed by atoms with Crippen molar-refractivity contribution in [3.05, 3.63) is 48.0 Å². The second-order valence-electron chi connectivity index (χ2n) is 6.47. The molecule has 1 aliphatic rings. The molecule has 0 bridgehead atoms. The summed E-state index contributed by atoms with van der Waals surface area (Å²) in [5.74, 6) is 0.778. The number of amides is 1. The lowest BCUT2D eigenvalue weighted by molar-refractivity contribution is -0.0621. The van der Waals surface area contributed by atoms with Crippen LogP contribution >= 0.6 is 0 Å². The first kappa shape index (κ1) is 17.4. The summed E-state index contributed by atoms with van der Waals surface area (Å²) < 4.78 is 12.9. The number of aromatic nitrogens is 2. The molecule has 25 heavy (non-hydrogen) atoms. The summed E-state index contributed by atoms with van der Waals surface area (Å²) in [7, 11) is 1.77. The Balaban J connectivity index is 1.68. The average Bonchev–Trinajstić information content (AvgIpc) is 2.92. The standard InChI is InChI=1S/C18H23N3O4/c1-14-3-5-15(6-4-14)25-13-18(23)11-21(9-10-24-12-18)17(22)16-19-7-8-20(16)2/h3-8,23H,9-13H2,1-2H3. The van der Waals surface area contributed by atoms with Crippen LogP contribution in [0, 0.1) is 6.92 Å². The van der Waals surface area contributed by atoms with Crippen LogP contribution in [0.2, 0.25) is 0 Å². The van der Waals surface area contributed by atoms with E-state index < -0.39 is 5.60 Å². The number of β-amino-alcohol motifs (C(OH)–C–C–N with tert-alkyl or cyclic N) is 1. The van der Waals surface area contributed by atoms with Crippen molar-refractivity contribution in [2.45, 2.75) is 12.5 Å². The van der Waals surface area contributed by atoms with Crippen molar-refractivity contribution >= 4 is 5.91 Å². The van der Waals surface area contributed by atoms with E-state index in [4.69, 9.17) is 9.47 Å². The van der Waals surface area contributed by atoms with Crippen molar-refractivity contribution in [3.8, 4) is 5.75 Å². The number of nitrogens with zero attached hydrogens (tertiary/aromatic N) is 3. The molecule has 1 saturated heterocycles. The van der Waals surface area contributed by atoms with Crippen molar-refractivity contribution < 1.29 is 19.4 Å². The van der Waals surface area contributed by atoms with Gasteiger partial charge in [-0.1, -0.05) is 17.7 Å². The van der Waals surface area contributed by atoms with E-state index in [0.29, 0.717) is 24.7 Å². The second-order valence-corrected chi connectivity index (χ2v) is 6.47. The number of carbonyl (C=O) groups is 1. The van der Waals surface area contributed by atoms with Crippen LogP contribution in [-0.2, 0) is 11.8 Å². The zero-order chi connectivity index (χ0) is 17.9. The third kappa shape index (κ3) is 4.18. The van der Waals surface area contributed by atoms with Crippen molar-refractivity contribution in [2.24, 2.45) is 7.05 Å². The van der Waals surface area contributed by atoms with Crippen molar-refractivity contribution in [1.29, 1.82) is 0 Å². The van der Waals surface area contributed by atoms with Gasteiger partial charge in [-0.25, -0.2) is 4.98 Å². The SMILES string of the molecule is Cc1ccc(OCC2(O)COCCN(C(=O)c3nccn3C)C2)cc1. The predicted octanol–water partition coefficient (Wildman–Crippen LogP) is 1.01. The maximum Gasteiger partial charge on any atom is 0.290 e. The first-order chi connectivity index (χ1) is 12.0. The monoisotopic (exact) mass is 345 g/mol. The van der Waals surface area contributed by atoms with Gasteiger partial charge in [0.2, 0.25) is 0 Å². The van der Waals surface area contributed by atoms with Gasteiger partial charge in [-0.15, -0.1) is 0 Å². The number of hydrogen-bond donors (Lipinski definition) is 1. The van der Waals surface area contributed by atoms with Crippen LogP contribution in [-0.4, -0.2) is 64.0 Å². The fourth-order valence-corrected chi connectivity index (χ4v) is 2.74. The summed E-state index contributed by atoms with van der Waals surface area (Å²) in [6.45, 7) is 3.05. The smallest absolute Gasteiger partial charge is 0.290 e. The highest BCUT2D eigenvalue weighted by Gasteiger charge is 2.36. The molecule has 1 unspecified atom stereocenters. The van der Waals surface area contributed by atoms with Gasteiger partial charge in [0.15, 0.2) is 5.82 Å². The molecule has 7 nitrogen and oxygen atoms in total. The van der Waals surface area contributed by atoms with E-state index in [1.54, 1.807) is 28.9 Å². The molecule has 1 aromatic heterocycles. The fraction of sp³-hybridized carbons (Fsp3) is 0.444. The van der Waals surface area contributed by atoms with E-state index in [9.17, 15) is 9.90 Å². The van der Waals surface area contributed by atoms with Crippen LogP contribution in [0.25, 0.3) is 0 Å². The Morgan fingerprint density at radius 3 is 2.84 bits per heavy atom. The van der Waals surface area contributed by atoms with Gasteiger partial charge in [0.1, 0.15) is 18.0 Å². The lowest BCUT2D eigenvalue weighted by Gasteiger charge is -2.30. The van der Waals surface area contributed by atoms with Crippen LogP contribution in [0.15, 0.2) is 36.7 Å². The highest BCUT2D eigenvalue weighted by atomic mass is 16.5. The van der Waals surface area contributed by atoms with Crippen molar-refractivity contribution in [2.75, 3.05) is 32.9 Å². The zero-order valence-electron chi connectivity index (χ0n) is 14.5. The Bertz CT molecular complexity index is 728. The number of aliphatic hydroxyl groups is 1. The molecule has 1 fully saturated rings. The molecule has 3 rings (SSSR count). The molecule has 134 valence electrons. The molecule has 1 aliphatic heterocycles. The van der Waals surface area contributed by atoms with Crippen LogP contribution in [0.5, 0.6) is 5.75 Å². The van der Waals surface area contributed by atoms with E-state index in [2.05, 4.69) is 4.98 Å². The Hall–Kier alpha value is -2.38. The molecule has 1 amide bonds. The summed E-state index contributed by atoms with van der Waals surface area (Å²) in [6.07, 6.45) is 3.29. The lowest BCUT2D eigenvalue weighted by Crippen LogP contribution is -2.50. The van der Waals surface area contributed by atoms with Gasteiger partial charge in [0.05, 0.1) is 19.8 Å². The van der Waals surface area contributed by atoms with Gasteiger partial charge < -0.3 is 24.0 Å². The van der Waals surface area contributed by atoms with E-state index >= 15 is 0 Å². The second kappa shape index (κ2) is 7.25. The molecule has 2 aromatic rings. The van der Waals surface area contributed by atoms with Crippen molar-refractivity contribution in [3.63, 3.8) is 0 Å². The van der Waals surface area contributed by atoms with Gasteiger partial charge in [0.25, 0.3) is 5.91 Å². The van der Waals surface area contributed by atoms with Gasteiger partial charge in [-0.2, -0.15) is 0 Å². The van der Waals surface area contributed by atoms with E-state index in [1.165, 1.54) is 0 Å². The molecule has 7 heteroatoms. The Kier molecular flexibility index (Phi) is 5.06. The number of imidazole rings is 1. The molecule has 0 radical (unpaired) electrons. The molecule has 0 spiro atoms. The topological polar surface area (TPSA) is 76.8 Å². The normalized spacial score (nSPS) is 21.0. The van der Waals surface area contributed by atoms with E-state index in [1.807, 2.05) is 31.2 Å². The third-order valence-electron chi connectivity index (χ3n) is 4.19. The molecule has 0 aliphatic carbocycles. The average molecular weight is 345 g/mol. The first-order valence-electron chi connectivity index (χ1n) is 8.23. The molecule has 1 aromatic carbocycles. The quantitative estimate of drug-likeness (QED) is 0.895. The number of aryl methyl sites for hydroxylation is 2. The van der Waals surface area contributed by atoms with Crippen LogP contribution in [0.4, 0.5) is 0 Å². The number of hydrogen-bond acceptors (Lipinski definition) is 5. The summed E-state index contributed by atoms with van der Waals surface area (Å²) in [4.78, 5) is 18.3. The number of benzene rings is 1. The minimum Gasteiger partial charge on any atom is -0.490 e. The van der Waals surface area contributed by atoms with E-state index in [-0.39, 0.29) is 25.7 Å². The fourth-order valence-electron chi connectivity index (χ4n) is 2.74. The van der Waals surface area contributed by atoms with Crippen LogP contribution in [0.1, 0.15) is 16.2 Å². The van der Waals surface area contributed by atoms with Gasteiger partial charge in [0, 0.05) is 26.0 Å².